The minimum atomic E-state index is -0.740. The molecule has 1 aromatic rings. The Bertz CT molecular complexity index is 402. The number of nitrogens with zero attached hydrogens (tertiary/aromatic N) is 3. The highest BCUT2D eigenvalue weighted by Gasteiger charge is 2.24. The van der Waals surface area contributed by atoms with Crippen molar-refractivity contribution in [3.63, 3.8) is 0 Å². The average molecular weight is 225 g/mol. The first-order chi connectivity index (χ1) is 7.63. The van der Waals surface area contributed by atoms with Gasteiger partial charge in [0.2, 0.25) is 11.4 Å². The van der Waals surface area contributed by atoms with Crippen LogP contribution in [0.25, 0.3) is 6.20 Å². The van der Waals surface area contributed by atoms with Crippen molar-refractivity contribution < 1.29 is 19.1 Å². The highest BCUT2D eigenvalue weighted by atomic mass is 16.5. The molecule has 0 aliphatic carbocycles. The predicted octanol–water partition coefficient (Wildman–Crippen LogP) is 0.342. The van der Waals surface area contributed by atoms with Crippen molar-refractivity contribution in [1.82, 2.24) is 15.0 Å². The van der Waals surface area contributed by atoms with E-state index in [0.29, 0.717) is 0 Å². The summed E-state index contributed by atoms with van der Waals surface area (Å²) in [6, 6.07) is 0. The Hall–Kier alpha value is -2.18. The van der Waals surface area contributed by atoms with E-state index >= 15 is 0 Å². The van der Waals surface area contributed by atoms with E-state index in [-0.39, 0.29) is 11.4 Å². The Balaban J connectivity index is 3.22. The van der Waals surface area contributed by atoms with Gasteiger partial charge in [-0.05, 0) is 6.92 Å². The van der Waals surface area contributed by atoms with Gasteiger partial charge < -0.3 is 9.47 Å². The van der Waals surface area contributed by atoms with E-state index in [4.69, 9.17) is 0 Å². The second-order valence-corrected chi connectivity index (χ2v) is 2.68. The molecule has 0 N–H and O–H groups in total. The molecule has 0 fully saturated rings. The lowest BCUT2D eigenvalue weighted by atomic mass is 10.3. The van der Waals surface area contributed by atoms with Crippen LogP contribution in [0.1, 0.15) is 27.9 Å². The van der Waals surface area contributed by atoms with Crippen molar-refractivity contribution in [3.8, 4) is 0 Å². The minimum absolute atomic E-state index is 0.174. The number of hydrogen-bond donors (Lipinski definition) is 0. The molecule has 0 radical (unpaired) electrons. The minimum Gasteiger partial charge on any atom is -0.464 e. The molecular formula is C9H11N3O4. The summed E-state index contributed by atoms with van der Waals surface area (Å²) in [7, 11) is 2.39. The molecule has 0 amide bonds. The predicted molar refractivity (Wildman–Crippen MR) is 53.7 cm³/mol. The molecule has 1 heterocycles. The van der Waals surface area contributed by atoms with E-state index < -0.39 is 11.9 Å². The Morgan fingerprint density at radius 3 is 1.88 bits per heavy atom. The second kappa shape index (κ2) is 5.06. The molecule has 0 aliphatic heterocycles. The van der Waals surface area contributed by atoms with Crippen LogP contribution in [-0.2, 0) is 9.47 Å². The van der Waals surface area contributed by atoms with Gasteiger partial charge in [0.05, 0.1) is 14.2 Å². The molecule has 0 spiro atoms. The van der Waals surface area contributed by atoms with E-state index in [2.05, 4.69) is 19.7 Å². The fourth-order valence-electron chi connectivity index (χ4n) is 0.990. The molecule has 0 aromatic carbocycles. The van der Waals surface area contributed by atoms with Gasteiger partial charge in [0, 0.05) is 6.20 Å². The highest BCUT2D eigenvalue weighted by molar-refractivity contribution is 6.00. The van der Waals surface area contributed by atoms with E-state index in [1.54, 1.807) is 13.0 Å². The first kappa shape index (κ1) is 11.9. The van der Waals surface area contributed by atoms with Gasteiger partial charge >= 0.3 is 11.9 Å². The summed E-state index contributed by atoms with van der Waals surface area (Å²) in [5, 5.41) is 7.57. The van der Waals surface area contributed by atoms with Crippen LogP contribution in [0.3, 0.4) is 0 Å². The van der Waals surface area contributed by atoms with E-state index in [9.17, 15) is 9.59 Å². The summed E-state index contributed by atoms with van der Waals surface area (Å²) in [6.45, 7) is 1.75. The van der Waals surface area contributed by atoms with E-state index in [1.165, 1.54) is 20.4 Å². The van der Waals surface area contributed by atoms with Crippen LogP contribution < -0.4 is 0 Å². The number of aromatic nitrogens is 3. The number of hydrogen-bond acceptors (Lipinski definition) is 6. The smallest absolute Gasteiger partial charge is 0.361 e. The van der Waals surface area contributed by atoms with Gasteiger partial charge in [-0.15, -0.1) is 10.2 Å². The fourth-order valence-corrected chi connectivity index (χ4v) is 0.990. The monoisotopic (exact) mass is 225 g/mol. The maximum Gasteiger partial charge on any atom is 0.361 e. The Morgan fingerprint density at radius 1 is 1.12 bits per heavy atom. The van der Waals surface area contributed by atoms with Gasteiger partial charge in [0.25, 0.3) is 0 Å². The number of methoxy groups -OCH3 is 2. The molecule has 0 saturated heterocycles. The fraction of sp³-hybridized carbons (Fsp3) is 0.333. The van der Waals surface area contributed by atoms with E-state index in [0.717, 1.165) is 4.80 Å². The summed E-state index contributed by atoms with van der Waals surface area (Å²) in [5.41, 5.74) is -0.347. The van der Waals surface area contributed by atoms with Gasteiger partial charge in [0.15, 0.2) is 0 Å². The van der Waals surface area contributed by atoms with Crippen LogP contribution in [0.5, 0.6) is 0 Å². The first-order valence-corrected chi connectivity index (χ1v) is 4.40. The third kappa shape index (κ3) is 2.25. The van der Waals surface area contributed by atoms with Gasteiger partial charge in [-0.1, -0.05) is 6.08 Å². The van der Waals surface area contributed by atoms with Crippen molar-refractivity contribution in [3.05, 3.63) is 17.5 Å². The summed E-state index contributed by atoms with van der Waals surface area (Å²) >= 11 is 0. The summed E-state index contributed by atoms with van der Waals surface area (Å²) < 4.78 is 8.95. The highest BCUT2D eigenvalue weighted by Crippen LogP contribution is 2.06. The van der Waals surface area contributed by atoms with Crippen LogP contribution in [0, 0.1) is 0 Å². The van der Waals surface area contributed by atoms with E-state index in [1.807, 2.05) is 0 Å². The number of carbonyl (C=O) groups is 2. The zero-order valence-corrected chi connectivity index (χ0v) is 9.13. The molecule has 7 nitrogen and oxygen atoms in total. The van der Waals surface area contributed by atoms with Crippen molar-refractivity contribution in [2.24, 2.45) is 0 Å². The van der Waals surface area contributed by atoms with Crippen LogP contribution in [-0.4, -0.2) is 41.2 Å². The van der Waals surface area contributed by atoms with Crippen molar-refractivity contribution in [2.45, 2.75) is 6.92 Å². The molecule has 0 unspecified atom stereocenters. The quantitative estimate of drug-likeness (QED) is 0.690. The number of ether oxygens (including phenoxy) is 2. The number of allylic oxidation sites excluding steroid dienone is 1. The zero-order chi connectivity index (χ0) is 12.1. The van der Waals surface area contributed by atoms with Crippen LogP contribution in [0.4, 0.5) is 0 Å². The molecule has 16 heavy (non-hydrogen) atoms. The van der Waals surface area contributed by atoms with Gasteiger partial charge in [-0.2, -0.15) is 4.80 Å². The molecule has 7 heteroatoms. The normalized spacial score (nSPS) is 10.4. The van der Waals surface area contributed by atoms with Crippen molar-refractivity contribution >= 4 is 18.1 Å². The Kier molecular flexibility index (Phi) is 3.76. The lowest BCUT2D eigenvalue weighted by Gasteiger charge is -1.95. The zero-order valence-electron chi connectivity index (χ0n) is 9.13. The number of esters is 2. The molecule has 0 atom stereocenters. The average Bonchev–Trinajstić information content (AvgIpc) is 2.71. The molecule has 0 saturated carbocycles. The van der Waals surface area contributed by atoms with Crippen LogP contribution in [0.15, 0.2) is 6.08 Å². The molecule has 86 valence electrons. The molecule has 0 aliphatic rings. The van der Waals surface area contributed by atoms with Crippen LogP contribution >= 0.6 is 0 Å². The maximum atomic E-state index is 11.3. The molecule has 1 rings (SSSR count). The lowest BCUT2D eigenvalue weighted by Crippen LogP contribution is -2.11. The molecular weight excluding hydrogens is 214 g/mol. The van der Waals surface area contributed by atoms with Crippen LogP contribution in [0.2, 0.25) is 0 Å². The Labute approximate surface area is 91.6 Å². The molecule has 0 bridgehead atoms. The SMILES string of the molecule is C/C=C/n1nc(C(=O)OC)c(C(=O)OC)n1. The summed E-state index contributed by atoms with van der Waals surface area (Å²) in [6.07, 6.45) is 3.14. The third-order valence-corrected chi connectivity index (χ3v) is 1.67. The summed E-state index contributed by atoms with van der Waals surface area (Å²) in [5.74, 6) is -1.48. The van der Waals surface area contributed by atoms with Gasteiger partial charge in [-0.25, -0.2) is 9.59 Å². The second-order valence-electron chi connectivity index (χ2n) is 2.68. The first-order valence-electron chi connectivity index (χ1n) is 4.40. The van der Waals surface area contributed by atoms with Crippen molar-refractivity contribution in [2.75, 3.05) is 14.2 Å². The lowest BCUT2D eigenvalue weighted by molar-refractivity contribution is 0.0548. The Morgan fingerprint density at radius 2 is 1.56 bits per heavy atom. The van der Waals surface area contributed by atoms with Gasteiger partial charge in [0.1, 0.15) is 0 Å². The molecule has 1 aromatic heterocycles. The van der Waals surface area contributed by atoms with Crippen molar-refractivity contribution in [1.29, 1.82) is 0 Å². The number of carbonyl (C=O) groups excluding carboxylic acids is 2. The standard InChI is InChI=1S/C9H11N3O4/c1-4-5-12-10-6(8(13)15-2)7(11-12)9(14)16-3/h4-5H,1-3H3/b5-4+. The number of rotatable bonds is 3. The third-order valence-electron chi connectivity index (χ3n) is 1.67. The van der Waals surface area contributed by atoms with Gasteiger partial charge in [-0.3, -0.25) is 0 Å². The maximum absolute atomic E-state index is 11.3. The largest absolute Gasteiger partial charge is 0.464 e. The topological polar surface area (TPSA) is 83.3 Å². The summed E-state index contributed by atoms with van der Waals surface area (Å²) in [4.78, 5) is 23.7.